The summed E-state index contributed by atoms with van der Waals surface area (Å²) >= 11 is 0. The van der Waals surface area contributed by atoms with E-state index in [0.29, 0.717) is 0 Å². The van der Waals surface area contributed by atoms with Gasteiger partial charge in [-0.3, -0.25) is 0 Å². The molecule has 0 N–H and O–H groups in total. The van der Waals surface area contributed by atoms with Crippen molar-refractivity contribution >= 4 is 72.4 Å². The Hall–Kier alpha value is -7.98. The van der Waals surface area contributed by atoms with Crippen LogP contribution >= 0.6 is 0 Å². The molecule has 1 aliphatic rings. The molecule has 2 aromatic heterocycles. The second-order valence-corrected chi connectivity index (χ2v) is 21.0. The van der Waals surface area contributed by atoms with Crippen LogP contribution < -0.4 is 20.7 Å². The minimum Gasteiger partial charge on any atom is -0.309 e. The van der Waals surface area contributed by atoms with Crippen molar-refractivity contribution in [3.63, 3.8) is 0 Å². The zero-order valence-corrected chi connectivity index (χ0v) is 36.1. The molecule has 2 heterocycles. The van der Waals surface area contributed by atoms with Crippen LogP contribution in [-0.2, 0) is 0 Å². The smallest absolute Gasteiger partial charge is 0.179 e. The number of fused-ring (bicyclic) bond motifs is 10. The summed E-state index contributed by atoms with van der Waals surface area (Å²) in [6, 6.07) is 93.0. The van der Waals surface area contributed by atoms with E-state index in [2.05, 4.69) is 258 Å². The van der Waals surface area contributed by atoms with Crippen LogP contribution in [0.3, 0.4) is 0 Å². The number of nitrogens with zero attached hydrogens (tertiary/aromatic N) is 2. The summed E-state index contributed by atoms with van der Waals surface area (Å²) < 4.78 is 4.99. The Bertz CT molecular complexity index is 3620. The topological polar surface area (TPSA) is 9.86 Å². The Balaban J connectivity index is 1.05. The molecule has 1 aliphatic carbocycles. The van der Waals surface area contributed by atoms with Crippen molar-refractivity contribution in [2.24, 2.45) is 0 Å². The highest BCUT2D eigenvalue weighted by molar-refractivity contribution is 7.19. The van der Waals surface area contributed by atoms with Crippen LogP contribution in [0.2, 0.25) is 0 Å². The maximum Gasteiger partial charge on any atom is 0.179 e. The molecule has 0 aliphatic heterocycles. The van der Waals surface area contributed by atoms with E-state index in [1.165, 1.54) is 97.9 Å². The highest BCUT2D eigenvalue weighted by Gasteiger charge is 2.42. The van der Waals surface area contributed by atoms with E-state index in [9.17, 15) is 0 Å². The van der Waals surface area contributed by atoms with Gasteiger partial charge in [0.1, 0.15) is 0 Å². The third kappa shape index (κ3) is 5.31. The lowest BCUT2D eigenvalue weighted by Crippen LogP contribution is -2.74. The van der Waals surface area contributed by atoms with E-state index in [1.807, 2.05) is 0 Å². The predicted molar refractivity (Wildman–Crippen MR) is 272 cm³/mol. The Morgan fingerprint density at radius 2 is 0.812 bits per heavy atom. The molecule has 2 nitrogen and oxygen atoms in total. The van der Waals surface area contributed by atoms with Crippen LogP contribution in [-0.4, -0.2) is 17.2 Å². The number of benzene rings is 10. The van der Waals surface area contributed by atoms with Crippen LogP contribution in [0.25, 0.3) is 66.1 Å². The molecule has 0 saturated heterocycles. The maximum atomic E-state index is 2.54. The van der Waals surface area contributed by atoms with Gasteiger partial charge in [0.15, 0.2) is 8.07 Å². The average molecular weight is 831 g/mol. The summed E-state index contributed by atoms with van der Waals surface area (Å²) in [6.07, 6.45) is 0. The number of rotatable bonds is 7. The monoisotopic (exact) mass is 830 g/mol. The van der Waals surface area contributed by atoms with Gasteiger partial charge in [0.25, 0.3) is 0 Å². The van der Waals surface area contributed by atoms with Gasteiger partial charge in [-0.2, -0.15) is 0 Å². The molecule has 0 amide bonds. The molecular weight excluding hydrogens is 789 g/mol. The number of hydrogen-bond donors (Lipinski definition) is 0. The molecule has 0 fully saturated rings. The molecule has 0 radical (unpaired) electrons. The summed E-state index contributed by atoms with van der Waals surface area (Å²) in [6.45, 7) is 0. The molecule has 0 bridgehead atoms. The molecule has 10 aromatic carbocycles. The van der Waals surface area contributed by atoms with Crippen molar-refractivity contribution in [3.8, 4) is 22.5 Å². The lowest BCUT2D eigenvalue weighted by molar-refractivity contribution is 1.02. The summed E-state index contributed by atoms with van der Waals surface area (Å²) in [5.74, 6) is 0.173. The summed E-state index contributed by atoms with van der Waals surface area (Å²) in [7, 11) is -2.93. The van der Waals surface area contributed by atoms with Gasteiger partial charge in [0.2, 0.25) is 0 Å². The van der Waals surface area contributed by atoms with Gasteiger partial charge in [-0.25, -0.2) is 0 Å². The van der Waals surface area contributed by atoms with E-state index in [0.717, 1.165) is 5.69 Å². The van der Waals surface area contributed by atoms with Gasteiger partial charge in [0, 0.05) is 44.4 Å². The van der Waals surface area contributed by atoms with Crippen molar-refractivity contribution in [3.05, 3.63) is 265 Å². The van der Waals surface area contributed by atoms with Crippen LogP contribution in [0.5, 0.6) is 0 Å². The number of aromatic nitrogens is 2. The van der Waals surface area contributed by atoms with Crippen molar-refractivity contribution in [1.29, 1.82) is 0 Å². The van der Waals surface area contributed by atoms with Crippen LogP contribution in [0.1, 0.15) is 22.6 Å². The van der Waals surface area contributed by atoms with Gasteiger partial charge in [0.05, 0.1) is 22.1 Å². The molecule has 1 atom stereocenters. The molecule has 0 spiro atoms. The first kappa shape index (κ1) is 36.7. The van der Waals surface area contributed by atoms with Gasteiger partial charge in [-0.05, 0) is 85.5 Å². The molecule has 64 heavy (non-hydrogen) atoms. The Morgan fingerprint density at radius 1 is 0.312 bits per heavy atom. The van der Waals surface area contributed by atoms with Crippen LogP contribution in [0.4, 0.5) is 0 Å². The Kier molecular flexibility index (Phi) is 8.34. The predicted octanol–water partition coefficient (Wildman–Crippen LogP) is 12.4. The largest absolute Gasteiger partial charge is 0.309 e. The molecule has 0 saturated carbocycles. The summed E-state index contributed by atoms with van der Waals surface area (Å²) in [5, 5.41) is 10.5. The fourth-order valence-corrected chi connectivity index (χ4v) is 16.1. The van der Waals surface area contributed by atoms with Gasteiger partial charge >= 0.3 is 0 Å². The Morgan fingerprint density at radius 3 is 1.45 bits per heavy atom. The molecule has 1 unspecified atom stereocenters. The first-order valence-electron chi connectivity index (χ1n) is 22.3. The van der Waals surface area contributed by atoms with E-state index >= 15 is 0 Å². The second kappa shape index (κ2) is 14.6. The second-order valence-electron chi connectivity index (χ2n) is 17.2. The standard InChI is InChI=1S/C61H42N2Si/c1-4-19-42(20-5-1)59-52-30-10-11-31-53(52)60-55(59)40-39-54-51-29-14-17-34-58(51)63(61(54)60)43-35-37-47(38-36-43)64(45-22-6-2-7-23-45,46-24-8-3-9-25-46)48-26-18-21-44(41-48)62-56-32-15-12-27-49(56)50-28-13-16-33-57(50)62/h1-41,59H. The normalized spacial score (nSPS) is 13.5. The number of hydrogen-bond acceptors (Lipinski definition) is 0. The van der Waals surface area contributed by atoms with E-state index in [-0.39, 0.29) is 5.92 Å². The quantitative estimate of drug-likeness (QED) is 0.112. The van der Waals surface area contributed by atoms with Crippen molar-refractivity contribution in [2.75, 3.05) is 0 Å². The zero-order valence-electron chi connectivity index (χ0n) is 35.1. The minimum absolute atomic E-state index is 0.173. The average Bonchev–Trinajstić information content (AvgIpc) is 4.01. The maximum absolute atomic E-state index is 2.93. The van der Waals surface area contributed by atoms with Crippen molar-refractivity contribution in [1.82, 2.24) is 9.13 Å². The van der Waals surface area contributed by atoms with Crippen LogP contribution in [0.15, 0.2) is 249 Å². The SMILES string of the molecule is c1ccc(C2c3ccccc3-c3c2ccc2c4ccccc4n(-c4ccc([Si](c5ccccc5)(c5ccccc5)c5cccc(-n6c7ccccc7c7ccccc76)c5)cc4)c32)cc1. The minimum atomic E-state index is -2.93. The summed E-state index contributed by atoms with van der Waals surface area (Å²) in [5.41, 5.74) is 14.0. The Labute approximate surface area is 373 Å². The fourth-order valence-electron chi connectivity index (χ4n) is 11.3. The lowest BCUT2D eigenvalue weighted by atomic mass is 9.89. The lowest BCUT2D eigenvalue weighted by Gasteiger charge is -2.35. The molecule has 12 aromatic rings. The highest BCUT2D eigenvalue weighted by atomic mass is 28.3. The van der Waals surface area contributed by atoms with Crippen molar-refractivity contribution < 1.29 is 0 Å². The molecule has 3 heteroatoms. The zero-order chi connectivity index (χ0) is 42.2. The fraction of sp³-hybridized carbons (Fsp3) is 0.0164. The summed E-state index contributed by atoms with van der Waals surface area (Å²) in [4.78, 5) is 0. The van der Waals surface area contributed by atoms with Crippen LogP contribution in [0, 0.1) is 0 Å². The highest BCUT2D eigenvalue weighted by Crippen LogP contribution is 2.52. The number of para-hydroxylation sites is 3. The van der Waals surface area contributed by atoms with Gasteiger partial charge < -0.3 is 9.13 Å². The van der Waals surface area contributed by atoms with E-state index in [4.69, 9.17) is 0 Å². The molecular formula is C61H42N2Si. The first-order valence-corrected chi connectivity index (χ1v) is 24.3. The van der Waals surface area contributed by atoms with E-state index in [1.54, 1.807) is 0 Å². The van der Waals surface area contributed by atoms with Crippen molar-refractivity contribution in [2.45, 2.75) is 5.92 Å². The third-order valence-electron chi connectivity index (χ3n) is 13.9. The first-order chi connectivity index (χ1) is 31.8. The van der Waals surface area contributed by atoms with Gasteiger partial charge in [-0.15, -0.1) is 0 Å². The van der Waals surface area contributed by atoms with E-state index < -0.39 is 8.07 Å². The molecule has 300 valence electrons. The molecule has 13 rings (SSSR count). The third-order valence-corrected chi connectivity index (χ3v) is 18.7. The van der Waals surface area contributed by atoms with Gasteiger partial charge in [-0.1, -0.05) is 206 Å².